The van der Waals surface area contributed by atoms with Crippen LogP contribution in [-0.4, -0.2) is 53.9 Å². The molecule has 2 aliphatic carbocycles. The maximum Gasteiger partial charge on any atom is 0.416 e. The number of anilines is 1. The zero-order valence-electron chi connectivity index (χ0n) is 29.3. The summed E-state index contributed by atoms with van der Waals surface area (Å²) in [5.41, 5.74) is -1.91. The second-order valence-corrected chi connectivity index (χ2v) is 17.3. The first-order valence-corrected chi connectivity index (χ1v) is 19.0. The fourth-order valence-corrected chi connectivity index (χ4v) is 8.08. The van der Waals surface area contributed by atoms with Crippen molar-refractivity contribution < 1.29 is 40.7 Å². The number of carbonyl (C=O) groups excluding carboxylic acids is 3. The van der Waals surface area contributed by atoms with Crippen molar-refractivity contribution in [1.29, 1.82) is 0 Å². The lowest BCUT2D eigenvalue weighted by atomic mass is 9.84. The number of alkyl halides is 3. The smallest absolute Gasteiger partial charge is 0.416 e. The number of benzene rings is 3. The summed E-state index contributed by atoms with van der Waals surface area (Å²) >= 11 is 6.13. The minimum absolute atomic E-state index is 0. The van der Waals surface area contributed by atoms with Gasteiger partial charge in [-0.1, -0.05) is 64.1 Å². The highest BCUT2D eigenvalue weighted by Gasteiger charge is 2.61. The number of sulfonamides is 1. The first kappa shape index (κ1) is 40.6. The highest BCUT2D eigenvalue weighted by Crippen LogP contribution is 2.46. The van der Waals surface area contributed by atoms with Crippen LogP contribution in [0.3, 0.4) is 0 Å². The van der Waals surface area contributed by atoms with E-state index in [4.69, 9.17) is 16.3 Å². The van der Waals surface area contributed by atoms with Gasteiger partial charge in [-0.3, -0.25) is 19.1 Å². The maximum absolute atomic E-state index is 14.7. The zero-order chi connectivity index (χ0) is 38.5. The molecule has 2 fully saturated rings. The topological polar surface area (TPSA) is 134 Å². The van der Waals surface area contributed by atoms with Crippen molar-refractivity contribution >= 4 is 45.0 Å². The van der Waals surface area contributed by atoms with Crippen molar-refractivity contribution in [3.05, 3.63) is 101 Å². The van der Waals surface area contributed by atoms with Gasteiger partial charge in [0.25, 0.3) is 5.91 Å². The van der Waals surface area contributed by atoms with Crippen LogP contribution in [-0.2, 0) is 43.5 Å². The summed E-state index contributed by atoms with van der Waals surface area (Å²) in [7, 11) is -3.94. The zero-order valence-corrected chi connectivity index (χ0v) is 30.9. The molecule has 3 aromatic rings. The number of rotatable bonds is 11. The number of nitrogens with one attached hydrogen (secondary N) is 3. The molecule has 54 heavy (non-hydrogen) atoms. The van der Waals surface area contributed by atoms with Crippen LogP contribution in [0.2, 0.25) is 5.02 Å². The van der Waals surface area contributed by atoms with Gasteiger partial charge in [-0.05, 0) is 84.3 Å². The number of carbonyl (C=O) groups is 3. The van der Waals surface area contributed by atoms with E-state index in [1.807, 2.05) is 0 Å². The molecule has 3 amide bonds. The molecule has 3 aliphatic rings. The Balaban J connectivity index is 0.00000561. The molecule has 4 atom stereocenters. The number of halogens is 4. The van der Waals surface area contributed by atoms with Gasteiger partial charge in [0.05, 0.1) is 10.8 Å². The molecule has 15 heteroatoms. The lowest BCUT2D eigenvalue weighted by Gasteiger charge is -2.41. The average molecular weight is 789 g/mol. The third-order valence-electron chi connectivity index (χ3n) is 9.79. The Kier molecular flexibility index (Phi) is 11.2. The van der Waals surface area contributed by atoms with Crippen molar-refractivity contribution in [3.63, 3.8) is 0 Å². The van der Waals surface area contributed by atoms with Gasteiger partial charge in [-0.15, -0.1) is 6.58 Å². The first-order valence-electron chi connectivity index (χ1n) is 17.1. The Morgan fingerprint density at radius 1 is 1.00 bits per heavy atom. The number of hydrogen-bond acceptors (Lipinski definition) is 7. The molecule has 0 bridgehead atoms. The molecule has 3 N–H and O–H groups in total. The number of ether oxygens (including phenoxy) is 1. The largest absolute Gasteiger partial charge is 0.457 e. The Morgan fingerprint density at radius 3 is 2.30 bits per heavy atom. The molecule has 3 aromatic carbocycles. The van der Waals surface area contributed by atoms with E-state index in [1.165, 1.54) is 23.1 Å². The summed E-state index contributed by atoms with van der Waals surface area (Å²) in [6.07, 6.45) is -2.20. The second-order valence-electron chi connectivity index (χ2n) is 14.9. The predicted octanol–water partition coefficient (Wildman–Crippen LogP) is 7.24. The van der Waals surface area contributed by atoms with E-state index >= 15 is 0 Å². The molecular formula is C39H44ClF3N4O6S. The molecule has 1 heterocycles. The molecule has 6 rings (SSSR count). The monoisotopic (exact) mass is 788 g/mol. The van der Waals surface area contributed by atoms with Crippen LogP contribution in [0.15, 0.2) is 79.4 Å². The standard InChI is InChI=1S/C38H40ClF3N4O6S.CH4/c1-5-24-20-37(24,35(49)45-53(50,51)30-14-15-30)44-33(47)31-17-23-16-29(52-28-11-7-9-26(39)19-28)13-12-22(23)21-46(31)34(48)32(36(2,3)4)43-27-10-6-8-25(18-27)38(40,41)42;/h5-13,16,18-19,24,30-32,43H,1,14-15,17,20-21H2,2-4H3,(H,44,47)(H,45,49);1H4/t24-,31+,32-,37-;/m1./s1. The van der Waals surface area contributed by atoms with Crippen molar-refractivity contribution in [3.8, 4) is 11.5 Å². The number of hydrogen-bond donors (Lipinski definition) is 3. The van der Waals surface area contributed by atoms with Gasteiger partial charge in [-0.2, -0.15) is 13.2 Å². The van der Waals surface area contributed by atoms with Crippen molar-refractivity contribution in [2.75, 3.05) is 5.32 Å². The van der Waals surface area contributed by atoms with Crippen LogP contribution in [0.25, 0.3) is 0 Å². The summed E-state index contributed by atoms with van der Waals surface area (Å²) in [5.74, 6) is -1.80. The minimum atomic E-state index is -4.61. The van der Waals surface area contributed by atoms with E-state index < -0.39 is 73.7 Å². The van der Waals surface area contributed by atoms with E-state index in [1.54, 1.807) is 63.2 Å². The van der Waals surface area contributed by atoms with Crippen LogP contribution in [0.4, 0.5) is 18.9 Å². The molecule has 10 nitrogen and oxygen atoms in total. The van der Waals surface area contributed by atoms with Gasteiger partial charge in [0.1, 0.15) is 29.1 Å². The highest BCUT2D eigenvalue weighted by atomic mass is 35.5. The molecule has 2 saturated carbocycles. The van der Waals surface area contributed by atoms with Crippen molar-refractivity contribution in [1.82, 2.24) is 14.9 Å². The minimum Gasteiger partial charge on any atom is -0.457 e. The number of amides is 3. The fraction of sp³-hybridized carbons (Fsp3) is 0.410. The van der Waals surface area contributed by atoms with Crippen molar-refractivity contribution in [2.24, 2.45) is 11.3 Å². The lowest BCUT2D eigenvalue weighted by Crippen LogP contribution is -2.61. The first-order chi connectivity index (χ1) is 24.8. The van der Waals surface area contributed by atoms with E-state index in [-0.39, 0.29) is 32.5 Å². The van der Waals surface area contributed by atoms with E-state index in [2.05, 4.69) is 21.9 Å². The fourth-order valence-electron chi connectivity index (χ4n) is 6.54. The summed E-state index contributed by atoms with van der Waals surface area (Å²) in [4.78, 5) is 43.9. The van der Waals surface area contributed by atoms with Crippen molar-refractivity contribution in [2.45, 2.75) is 89.5 Å². The Morgan fingerprint density at radius 2 is 1.69 bits per heavy atom. The van der Waals surface area contributed by atoms with Gasteiger partial charge in [0.2, 0.25) is 21.8 Å². The van der Waals surface area contributed by atoms with E-state index in [0.29, 0.717) is 40.5 Å². The van der Waals surface area contributed by atoms with Gasteiger partial charge in [-0.25, -0.2) is 8.42 Å². The Bertz CT molecular complexity index is 2070. The quantitative estimate of drug-likeness (QED) is 0.175. The third-order valence-corrected chi connectivity index (χ3v) is 11.8. The SMILES string of the molecule is C.C=C[C@@H]1C[C@]1(NC(=O)[C@@H]1Cc2cc(Oc3cccc(Cl)c3)ccc2CN1C(=O)[C@@H](Nc1cccc(C(F)(F)F)c1)C(C)(C)C)C(=O)NS(=O)(=O)C1CC1. The van der Waals surface area contributed by atoms with Crippen LogP contribution >= 0.6 is 11.6 Å². The highest BCUT2D eigenvalue weighted by molar-refractivity contribution is 7.91. The van der Waals surface area contributed by atoms with Gasteiger partial charge < -0.3 is 20.3 Å². The summed E-state index contributed by atoms with van der Waals surface area (Å²) < 4.78 is 74.3. The number of nitrogens with zero attached hydrogens (tertiary/aromatic N) is 1. The summed E-state index contributed by atoms with van der Waals surface area (Å²) in [5, 5.41) is 5.56. The maximum atomic E-state index is 14.7. The molecule has 0 unspecified atom stereocenters. The molecule has 0 radical (unpaired) electrons. The number of fused-ring (bicyclic) bond motifs is 1. The van der Waals surface area contributed by atoms with Crippen LogP contribution < -0.4 is 20.1 Å². The van der Waals surface area contributed by atoms with Crippen LogP contribution in [0.1, 0.15) is 64.2 Å². The molecule has 0 aromatic heterocycles. The van der Waals surface area contributed by atoms with Gasteiger partial charge >= 0.3 is 6.18 Å². The van der Waals surface area contributed by atoms with Crippen LogP contribution in [0.5, 0.6) is 11.5 Å². The molecule has 0 saturated heterocycles. The van der Waals surface area contributed by atoms with Gasteiger partial charge in [0, 0.05) is 29.6 Å². The van der Waals surface area contributed by atoms with E-state index in [9.17, 15) is 36.0 Å². The predicted molar refractivity (Wildman–Crippen MR) is 200 cm³/mol. The molecule has 290 valence electrons. The second kappa shape index (κ2) is 14.9. The molecule has 1 aliphatic heterocycles. The van der Waals surface area contributed by atoms with E-state index in [0.717, 1.165) is 12.1 Å². The summed E-state index contributed by atoms with van der Waals surface area (Å²) in [6.45, 7) is 8.95. The Labute approximate surface area is 318 Å². The molecular weight excluding hydrogens is 745 g/mol. The normalized spacial score (nSPS) is 21.4. The lowest BCUT2D eigenvalue weighted by molar-refractivity contribution is -0.145. The van der Waals surface area contributed by atoms with Crippen LogP contribution in [0, 0.1) is 11.3 Å². The average Bonchev–Trinajstić information content (AvgIpc) is 4.01. The summed E-state index contributed by atoms with van der Waals surface area (Å²) in [6, 6.07) is 14.2. The Hall–Kier alpha value is -4.56. The molecule has 0 spiro atoms. The third kappa shape index (κ3) is 8.70. The van der Waals surface area contributed by atoms with Gasteiger partial charge in [0.15, 0.2) is 0 Å².